The zero-order valence-corrected chi connectivity index (χ0v) is 12.9. The van der Waals surface area contributed by atoms with Crippen LogP contribution in [0.5, 0.6) is 0 Å². The number of carboxylic acid groups (broad SMARTS) is 1. The standard InChI is InChI=1S/C14H14BrFN2O2/c1-14(2,3)12-10(15)11(13(19)20)17-18(12)9-6-4-8(16)5-7-9/h4-7H,1-3H3,(H,19,20). The van der Waals surface area contributed by atoms with Crippen molar-refractivity contribution in [3.05, 3.63) is 45.9 Å². The van der Waals surface area contributed by atoms with Gasteiger partial charge < -0.3 is 5.11 Å². The Labute approximate surface area is 124 Å². The maximum atomic E-state index is 13.0. The summed E-state index contributed by atoms with van der Waals surface area (Å²) in [5, 5.41) is 13.3. The molecule has 0 radical (unpaired) electrons. The fraction of sp³-hybridized carbons (Fsp3) is 0.286. The van der Waals surface area contributed by atoms with Crippen LogP contribution in [0.4, 0.5) is 4.39 Å². The molecule has 4 nitrogen and oxygen atoms in total. The molecule has 0 saturated carbocycles. The van der Waals surface area contributed by atoms with Crippen molar-refractivity contribution < 1.29 is 14.3 Å². The minimum absolute atomic E-state index is 0.0562. The first-order valence-electron chi connectivity index (χ1n) is 6.00. The van der Waals surface area contributed by atoms with Gasteiger partial charge in [0.15, 0.2) is 5.69 Å². The van der Waals surface area contributed by atoms with E-state index in [1.807, 2.05) is 20.8 Å². The average molecular weight is 341 g/mol. The molecule has 0 saturated heterocycles. The van der Waals surface area contributed by atoms with Gasteiger partial charge >= 0.3 is 5.97 Å². The maximum absolute atomic E-state index is 13.0. The number of carboxylic acids is 1. The van der Waals surface area contributed by atoms with Gasteiger partial charge in [0, 0.05) is 5.41 Å². The van der Waals surface area contributed by atoms with Crippen LogP contribution in [-0.4, -0.2) is 20.9 Å². The summed E-state index contributed by atoms with van der Waals surface area (Å²) in [6.07, 6.45) is 0. The molecular weight excluding hydrogens is 327 g/mol. The monoisotopic (exact) mass is 340 g/mol. The third-order valence-electron chi connectivity index (χ3n) is 2.81. The van der Waals surface area contributed by atoms with E-state index in [0.29, 0.717) is 10.2 Å². The molecule has 1 aromatic heterocycles. The van der Waals surface area contributed by atoms with Gasteiger partial charge in [0.2, 0.25) is 0 Å². The van der Waals surface area contributed by atoms with Crippen molar-refractivity contribution >= 4 is 21.9 Å². The summed E-state index contributed by atoms with van der Waals surface area (Å²) in [5.41, 5.74) is 0.957. The van der Waals surface area contributed by atoms with E-state index in [9.17, 15) is 14.3 Å². The van der Waals surface area contributed by atoms with Crippen molar-refractivity contribution in [2.75, 3.05) is 0 Å². The van der Waals surface area contributed by atoms with Gasteiger partial charge in [-0.3, -0.25) is 0 Å². The molecule has 0 aliphatic rings. The van der Waals surface area contributed by atoms with E-state index >= 15 is 0 Å². The van der Waals surface area contributed by atoms with Crippen LogP contribution in [0.2, 0.25) is 0 Å². The second kappa shape index (κ2) is 5.01. The molecule has 0 spiro atoms. The summed E-state index contributed by atoms with van der Waals surface area (Å²) in [5.74, 6) is -1.46. The zero-order valence-electron chi connectivity index (χ0n) is 11.3. The number of halogens is 2. The smallest absolute Gasteiger partial charge is 0.357 e. The maximum Gasteiger partial charge on any atom is 0.357 e. The quantitative estimate of drug-likeness (QED) is 0.905. The lowest BCUT2D eigenvalue weighted by Gasteiger charge is -2.21. The average Bonchev–Trinajstić information content (AvgIpc) is 2.67. The summed E-state index contributed by atoms with van der Waals surface area (Å²) < 4.78 is 15.0. The highest BCUT2D eigenvalue weighted by atomic mass is 79.9. The molecule has 0 atom stereocenters. The Bertz CT molecular complexity index is 657. The highest BCUT2D eigenvalue weighted by molar-refractivity contribution is 9.10. The molecular formula is C14H14BrFN2O2. The van der Waals surface area contributed by atoms with E-state index < -0.39 is 5.97 Å². The molecule has 0 bridgehead atoms. The lowest BCUT2D eigenvalue weighted by Crippen LogP contribution is -2.18. The van der Waals surface area contributed by atoms with E-state index in [4.69, 9.17) is 0 Å². The van der Waals surface area contributed by atoms with Gasteiger partial charge in [0.1, 0.15) is 5.82 Å². The van der Waals surface area contributed by atoms with Crippen LogP contribution < -0.4 is 0 Å². The Morgan fingerprint density at radius 3 is 2.30 bits per heavy atom. The van der Waals surface area contributed by atoms with E-state index in [1.54, 1.807) is 12.1 Å². The molecule has 0 aliphatic carbocycles. The number of aromatic carboxylic acids is 1. The van der Waals surface area contributed by atoms with Crippen molar-refractivity contribution in [1.29, 1.82) is 0 Å². The molecule has 6 heteroatoms. The number of benzene rings is 1. The van der Waals surface area contributed by atoms with Crippen LogP contribution in [-0.2, 0) is 5.41 Å². The Morgan fingerprint density at radius 1 is 1.30 bits per heavy atom. The summed E-state index contributed by atoms with van der Waals surface area (Å²) in [6, 6.07) is 5.76. The zero-order chi connectivity index (χ0) is 15.1. The lowest BCUT2D eigenvalue weighted by molar-refractivity contribution is 0.0689. The Kier molecular flexibility index (Phi) is 3.69. The Hall–Kier alpha value is -1.69. The predicted molar refractivity (Wildman–Crippen MR) is 76.9 cm³/mol. The van der Waals surface area contributed by atoms with Crippen molar-refractivity contribution in [3.63, 3.8) is 0 Å². The molecule has 2 rings (SSSR count). The van der Waals surface area contributed by atoms with Crippen LogP contribution >= 0.6 is 15.9 Å². The second-order valence-electron chi connectivity index (χ2n) is 5.45. The third kappa shape index (κ3) is 2.60. The topological polar surface area (TPSA) is 55.1 Å². The fourth-order valence-electron chi connectivity index (χ4n) is 1.95. The van der Waals surface area contributed by atoms with Gasteiger partial charge in [-0.1, -0.05) is 20.8 Å². The molecule has 0 aliphatic heterocycles. The van der Waals surface area contributed by atoms with Gasteiger partial charge in [0.05, 0.1) is 15.9 Å². The van der Waals surface area contributed by atoms with Crippen LogP contribution in [0.25, 0.3) is 5.69 Å². The number of hydrogen-bond acceptors (Lipinski definition) is 2. The van der Waals surface area contributed by atoms with Crippen LogP contribution in [0, 0.1) is 5.82 Å². The van der Waals surface area contributed by atoms with Gasteiger partial charge in [-0.2, -0.15) is 5.10 Å². The highest BCUT2D eigenvalue weighted by Crippen LogP contribution is 2.34. The first-order chi connectivity index (χ1) is 9.21. The summed E-state index contributed by atoms with van der Waals surface area (Å²) in [7, 11) is 0. The van der Waals surface area contributed by atoms with Crippen molar-refractivity contribution in [1.82, 2.24) is 9.78 Å². The molecule has 0 unspecified atom stereocenters. The highest BCUT2D eigenvalue weighted by Gasteiger charge is 2.29. The number of rotatable bonds is 2. The molecule has 1 heterocycles. The minimum atomic E-state index is -1.11. The van der Waals surface area contributed by atoms with Crippen LogP contribution in [0.3, 0.4) is 0 Å². The normalized spacial score (nSPS) is 11.7. The SMILES string of the molecule is CC(C)(C)c1c(Br)c(C(=O)O)nn1-c1ccc(F)cc1. The lowest BCUT2D eigenvalue weighted by atomic mass is 9.91. The molecule has 0 amide bonds. The van der Waals surface area contributed by atoms with Crippen molar-refractivity contribution in [2.45, 2.75) is 26.2 Å². The van der Waals surface area contributed by atoms with Gasteiger partial charge in [-0.25, -0.2) is 13.9 Å². The number of aromatic nitrogens is 2. The molecule has 1 aromatic carbocycles. The molecule has 106 valence electrons. The number of nitrogens with zero attached hydrogens (tertiary/aromatic N) is 2. The molecule has 0 fully saturated rings. The van der Waals surface area contributed by atoms with E-state index in [1.165, 1.54) is 16.8 Å². The van der Waals surface area contributed by atoms with Crippen molar-refractivity contribution in [3.8, 4) is 5.69 Å². The van der Waals surface area contributed by atoms with Gasteiger partial charge in [-0.15, -0.1) is 0 Å². The second-order valence-corrected chi connectivity index (χ2v) is 6.25. The molecule has 2 aromatic rings. The van der Waals surface area contributed by atoms with E-state index in [2.05, 4.69) is 21.0 Å². The summed E-state index contributed by atoms with van der Waals surface area (Å²) in [4.78, 5) is 11.2. The van der Waals surface area contributed by atoms with Gasteiger partial charge in [0.25, 0.3) is 0 Å². The Balaban J connectivity index is 2.72. The number of hydrogen-bond donors (Lipinski definition) is 1. The van der Waals surface area contributed by atoms with E-state index in [0.717, 1.165) is 5.69 Å². The van der Waals surface area contributed by atoms with E-state index in [-0.39, 0.29) is 16.9 Å². The van der Waals surface area contributed by atoms with Crippen LogP contribution in [0.1, 0.15) is 37.0 Å². The van der Waals surface area contributed by atoms with Gasteiger partial charge in [-0.05, 0) is 40.2 Å². The summed E-state index contributed by atoms with van der Waals surface area (Å²) >= 11 is 3.31. The summed E-state index contributed by atoms with van der Waals surface area (Å²) in [6.45, 7) is 5.88. The largest absolute Gasteiger partial charge is 0.476 e. The van der Waals surface area contributed by atoms with Crippen LogP contribution in [0.15, 0.2) is 28.7 Å². The first kappa shape index (κ1) is 14.7. The minimum Gasteiger partial charge on any atom is -0.476 e. The third-order valence-corrected chi connectivity index (χ3v) is 3.56. The van der Waals surface area contributed by atoms with Crippen molar-refractivity contribution in [2.24, 2.45) is 0 Å². The molecule has 1 N–H and O–H groups in total. The first-order valence-corrected chi connectivity index (χ1v) is 6.79. The predicted octanol–water partition coefficient (Wildman–Crippen LogP) is 3.77. The Morgan fingerprint density at radius 2 is 1.85 bits per heavy atom. The fourth-order valence-corrected chi connectivity index (χ4v) is 2.96. The number of carbonyl (C=O) groups is 1. The molecule has 20 heavy (non-hydrogen) atoms.